The normalized spacial score (nSPS) is 11.9. The number of imidazole rings is 1. The number of rotatable bonds is 3. The highest BCUT2D eigenvalue weighted by atomic mass is 32.2. The van der Waals surface area contributed by atoms with Gasteiger partial charge in [-0.15, -0.1) is 0 Å². The number of nitrogens with zero attached hydrogens (tertiary/aromatic N) is 3. The minimum absolute atomic E-state index is 0.0883. The summed E-state index contributed by atoms with van der Waals surface area (Å²) >= 11 is 5.10. The summed E-state index contributed by atoms with van der Waals surface area (Å²) in [5.74, 6) is 0. The summed E-state index contributed by atoms with van der Waals surface area (Å²) in [6.45, 7) is 0.524. The van der Waals surface area contributed by atoms with Crippen molar-refractivity contribution in [3.8, 4) is 0 Å². The van der Waals surface area contributed by atoms with E-state index in [4.69, 9.17) is 17.4 Å². The van der Waals surface area contributed by atoms with Gasteiger partial charge in [0.05, 0.1) is 24.1 Å². The molecule has 0 radical (unpaired) electrons. The summed E-state index contributed by atoms with van der Waals surface area (Å²) in [5, 5.41) is 5.07. The van der Waals surface area contributed by atoms with Gasteiger partial charge in [0.15, 0.2) is 4.64 Å². The Morgan fingerprint density at radius 3 is 2.62 bits per heavy atom. The third-order valence-corrected chi connectivity index (χ3v) is 4.26. The lowest BCUT2D eigenvalue weighted by atomic mass is 10.2. The van der Waals surface area contributed by atoms with Crippen molar-refractivity contribution in [1.82, 2.24) is 19.5 Å². The van der Waals surface area contributed by atoms with Crippen LogP contribution < -0.4 is 5.14 Å². The fourth-order valence-corrected chi connectivity index (χ4v) is 2.72. The zero-order chi connectivity index (χ0) is 15.0. The molecule has 0 aliphatic heterocycles. The lowest BCUT2D eigenvalue weighted by Crippen LogP contribution is -2.12. The first-order valence-corrected chi connectivity index (χ1v) is 7.91. The van der Waals surface area contributed by atoms with Gasteiger partial charge in [-0.25, -0.2) is 23.5 Å². The number of fused-ring (bicyclic) bond motifs is 1. The number of aromatic amines is 1. The molecule has 2 heterocycles. The number of benzene rings is 1. The van der Waals surface area contributed by atoms with Crippen LogP contribution in [0.2, 0.25) is 0 Å². The number of sulfonamides is 1. The van der Waals surface area contributed by atoms with Gasteiger partial charge in [-0.05, 0) is 17.7 Å². The van der Waals surface area contributed by atoms with Crippen molar-refractivity contribution in [2.45, 2.75) is 11.4 Å². The maximum absolute atomic E-state index is 11.2. The number of hydrogen-bond donors (Lipinski definition) is 2. The molecule has 9 heteroatoms. The second-order valence-corrected chi connectivity index (χ2v) is 6.41. The summed E-state index contributed by atoms with van der Waals surface area (Å²) in [5.41, 5.74) is 2.32. The predicted molar refractivity (Wildman–Crippen MR) is 79.6 cm³/mol. The Bertz CT molecular complexity index is 957. The van der Waals surface area contributed by atoms with Crippen LogP contribution in [0.4, 0.5) is 0 Å². The molecule has 1 aromatic carbocycles. The van der Waals surface area contributed by atoms with Gasteiger partial charge in [-0.3, -0.25) is 0 Å². The van der Waals surface area contributed by atoms with Crippen molar-refractivity contribution in [1.29, 1.82) is 0 Å². The highest BCUT2D eigenvalue weighted by Gasteiger charge is 2.08. The van der Waals surface area contributed by atoms with E-state index in [0.29, 0.717) is 16.7 Å². The van der Waals surface area contributed by atoms with E-state index in [-0.39, 0.29) is 4.90 Å². The summed E-state index contributed by atoms with van der Waals surface area (Å²) in [4.78, 5) is 11.3. The average Bonchev–Trinajstić information content (AvgIpc) is 2.83. The van der Waals surface area contributed by atoms with Gasteiger partial charge in [0.1, 0.15) is 11.2 Å². The molecule has 0 aliphatic carbocycles. The van der Waals surface area contributed by atoms with Gasteiger partial charge >= 0.3 is 0 Å². The summed E-state index contributed by atoms with van der Waals surface area (Å²) in [6.07, 6.45) is 3.18. The molecule has 108 valence electrons. The minimum Gasteiger partial charge on any atom is -0.330 e. The van der Waals surface area contributed by atoms with Gasteiger partial charge in [0, 0.05) is 0 Å². The second kappa shape index (κ2) is 5.02. The van der Waals surface area contributed by atoms with Crippen LogP contribution in [-0.2, 0) is 16.6 Å². The SMILES string of the molecule is NS(=O)(=O)c1ccc(Cn2cnc3c(=S)nc[nH]c32)cc1. The van der Waals surface area contributed by atoms with Gasteiger partial charge in [-0.1, -0.05) is 24.4 Å². The molecular weight excluding hydrogens is 310 g/mol. The fourth-order valence-electron chi connectivity index (χ4n) is 2.00. The van der Waals surface area contributed by atoms with Gasteiger partial charge in [0.2, 0.25) is 10.0 Å². The molecular formula is C12H11N5O2S2. The van der Waals surface area contributed by atoms with E-state index in [9.17, 15) is 8.42 Å². The summed E-state index contributed by atoms with van der Waals surface area (Å²) in [7, 11) is -3.67. The molecule has 0 saturated carbocycles. The zero-order valence-corrected chi connectivity index (χ0v) is 12.4. The maximum Gasteiger partial charge on any atom is 0.238 e. The molecule has 0 aliphatic rings. The molecule has 3 aromatic rings. The Labute approximate surface area is 125 Å². The van der Waals surface area contributed by atoms with Crippen LogP contribution in [0.3, 0.4) is 0 Å². The average molecular weight is 321 g/mol. The molecule has 0 unspecified atom stereocenters. The number of nitrogens with one attached hydrogen (secondary N) is 1. The van der Waals surface area contributed by atoms with Gasteiger partial charge in [0.25, 0.3) is 0 Å². The number of H-pyrrole nitrogens is 1. The van der Waals surface area contributed by atoms with Crippen molar-refractivity contribution < 1.29 is 8.42 Å². The maximum atomic E-state index is 11.2. The molecule has 0 bridgehead atoms. The van der Waals surface area contributed by atoms with Crippen molar-refractivity contribution in [2.24, 2.45) is 5.14 Å². The van der Waals surface area contributed by atoms with Crippen LogP contribution in [0, 0.1) is 4.64 Å². The molecule has 3 N–H and O–H groups in total. The molecule has 0 spiro atoms. The van der Waals surface area contributed by atoms with E-state index in [2.05, 4.69) is 15.0 Å². The van der Waals surface area contributed by atoms with Crippen molar-refractivity contribution in [3.63, 3.8) is 0 Å². The Morgan fingerprint density at radius 2 is 1.95 bits per heavy atom. The van der Waals surface area contributed by atoms with Gasteiger partial charge < -0.3 is 9.55 Å². The first-order chi connectivity index (χ1) is 9.95. The molecule has 3 rings (SSSR count). The van der Waals surface area contributed by atoms with E-state index >= 15 is 0 Å². The number of hydrogen-bond acceptors (Lipinski definition) is 5. The van der Waals surface area contributed by atoms with Crippen molar-refractivity contribution in [3.05, 3.63) is 47.1 Å². The van der Waals surface area contributed by atoms with Crippen LogP contribution in [0.15, 0.2) is 41.8 Å². The molecule has 0 fully saturated rings. The van der Waals surface area contributed by atoms with Crippen LogP contribution in [0.5, 0.6) is 0 Å². The lowest BCUT2D eigenvalue weighted by Gasteiger charge is -2.05. The van der Waals surface area contributed by atoms with E-state index in [1.807, 2.05) is 4.57 Å². The van der Waals surface area contributed by atoms with Crippen LogP contribution >= 0.6 is 12.2 Å². The Hall–Kier alpha value is -2.10. The topological polar surface area (TPSA) is 107 Å². The quantitative estimate of drug-likeness (QED) is 0.705. The van der Waals surface area contributed by atoms with Crippen LogP contribution in [0.1, 0.15) is 5.56 Å². The van der Waals surface area contributed by atoms with Crippen LogP contribution in [-0.4, -0.2) is 27.9 Å². The molecule has 0 amide bonds. The first-order valence-electron chi connectivity index (χ1n) is 5.95. The largest absolute Gasteiger partial charge is 0.330 e. The smallest absolute Gasteiger partial charge is 0.238 e. The zero-order valence-electron chi connectivity index (χ0n) is 10.7. The Balaban J connectivity index is 1.96. The lowest BCUT2D eigenvalue weighted by molar-refractivity contribution is 0.597. The van der Waals surface area contributed by atoms with E-state index in [1.165, 1.54) is 18.5 Å². The third-order valence-electron chi connectivity index (χ3n) is 3.03. The molecule has 7 nitrogen and oxygen atoms in total. The monoisotopic (exact) mass is 321 g/mol. The number of aromatic nitrogens is 4. The van der Waals surface area contributed by atoms with Crippen molar-refractivity contribution in [2.75, 3.05) is 0 Å². The van der Waals surface area contributed by atoms with E-state index in [0.717, 1.165) is 11.2 Å². The number of nitrogens with two attached hydrogens (primary N) is 1. The first kappa shape index (κ1) is 13.9. The Morgan fingerprint density at radius 1 is 1.24 bits per heavy atom. The highest BCUT2D eigenvalue weighted by Crippen LogP contribution is 2.14. The predicted octanol–water partition coefficient (Wildman–Crippen LogP) is 1.18. The second-order valence-electron chi connectivity index (χ2n) is 4.47. The standard InChI is InChI=1S/C12H11N5O2S2/c13-21(18,19)9-3-1-8(2-4-9)5-17-7-16-10-11(17)14-6-15-12(10)20/h1-4,6-7H,5H2,(H2,13,18,19)(H,14,15,20). The fraction of sp³-hybridized carbons (Fsp3) is 0.0833. The number of primary sulfonamides is 1. The minimum atomic E-state index is -3.67. The molecule has 21 heavy (non-hydrogen) atoms. The van der Waals surface area contributed by atoms with Crippen LogP contribution in [0.25, 0.3) is 11.2 Å². The summed E-state index contributed by atoms with van der Waals surface area (Å²) < 4.78 is 24.7. The van der Waals surface area contributed by atoms with Crippen molar-refractivity contribution >= 4 is 33.4 Å². The summed E-state index contributed by atoms with van der Waals surface area (Å²) in [6, 6.07) is 6.38. The third kappa shape index (κ3) is 2.71. The van der Waals surface area contributed by atoms with E-state index in [1.54, 1.807) is 18.5 Å². The van der Waals surface area contributed by atoms with Gasteiger partial charge in [-0.2, -0.15) is 0 Å². The Kier molecular flexibility index (Phi) is 3.32. The molecule has 0 saturated heterocycles. The highest BCUT2D eigenvalue weighted by molar-refractivity contribution is 7.89. The molecule has 0 atom stereocenters. The van der Waals surface area contributed by atoms with E-state index < -0.39 is 10.0 Å². The molecule has 2 aromatic heterocycles.